The minimum atomic E-state index is -0.212. The molecule has 28 heavy (non-hydrogen) atoms. The van der Waals surface area contributed by atoms with Crippen LogP contribution < -0.4 is 11.1 Å². The van der Waals surface area contributed by atoms with Crippen LogP contribution in [0.15, 0.2) is 41.0 Å². The summed E-state index contributed by atoms with van der Waals surface area (Å²) in [6.07, 6.45) is 3.52. The fraction of sp³-hybridized carbons (Fsp3) is 0.211. The number of carbonyl (C=O) groups is 1. The predicted octanol–water partition coefficient (Wildman–Crippen LogP) is 3.74. The molecule has 7 nitrogen and oxygen atoms in total. The molecule has 0 fully saturated rings. The number of benzene rings is 1. The third-order valence-electron chi connectivity index (χ3n) is 3.79. The molecule has 3 N–H and O–H groups in total. The lowest BCUT2D eigenvalue weighted by atomic mass is 10.1. The van der Waals surface area contributed by atoms with Crippen LogP contribution in [0.1, 0.15) is 24.5 Å². The summed E-state index contributed by atoms with van der Waals surface area (Å²) < 4.78 is 0. The minimum absolute atomic E-state index is 0.106. The average Bonchev–Trinajstić information content (AvgIpc) is 3.16. The van der Waals surface area contributed by atoms with Crippen molar-refractivity contribution in [3.8, 4) is 17.3 Å². The Morgan fingerprint density at radius 1 is 1.32 bits per heavy atom. The van der Waals surface area contributed by atoms with Crippen LogP contribution in [0.25, 0.3) is 11.3 Å². The summed E-state index contributed by atoms with van der Waals surface area (Å²) in [4.78, 5) is 24.6. The van der Waals surface area contributed by atoms with Gasteiger partial charge in [-0.15, -0.1) is 11.3 Å². The van der Waals surface area contributed by atoms with Crippen LogP contribution in [-0.4, -0.2) is 26.6 Å². The highest BCUT2D eigenvalue weighted by Gasteiger charge is 2.11. The van der Waals surface area contributed by atoms with Crippen LogP contribution in [0.4, 0.5) is 10.9 Å². The maximum atomic E-state index is 12.2. The Labute approximate surface area is 171 Å². The van der Waals surface area contributed by atoms with Crippen molar-refractivity contribution in [3.05, 3.63) is 47.0 Å². The first kappa shape index (κ1) is 19.8. The molecule has 0 atom stereocenters. The lowest BCUT2D eigenvalue weighted by Gasteiger charge is -2.03. The van der Waals surface area contributed by atoms with Gasteiger partial charge in [0, 0.05) is 10.9 Å². The van der Waals surface area contributed by atoms with E-state index in [1.54, 1.807) is 0 Å². The largest absolute Gasteiger partial charge is 0.382 e. The topological polar surface area (TPSA) is 118 Å². The van der Waals surface area contributed by atoms with Gasteiger partial charge in [0.05, 0.1) is 17.6 Å². The normalized spacial score (nSPS) is 10.4. The van der Waals surface area contributed by atoms with E-state index >= 15 is 0 Å². The summed E-state index contributed by atoms with van der Waals surface area (Å²) in [5.41, 5.74) is 9.02. The van der Waals surface area contributed by atoms with Gasteiger partial charge in [-0.25, -0.2) is 15.0 Å². The Morgan fingerprint density at radius 2 is 2.11 bits per heavy atom. The number of thioether (sulfide) groups is 1. The number of nitrogen functional groups attached to an aromatic ring is 1. The molecule has 0 bridgehead atoms. The maximum absolute atomic E-state index is 12.2. The zero-order chi connectivity index (χ0) is 19.9. The summed E-state index contributed by atoms with van der Waals surface area (Å²) in [5, 5.41) is 14.4. The van der Waals surface area contributed by atoms with Crippen LogP contribution >= 0.6 is 23.1 Å². The van der Waals surface area contributed by atoms with E-state index in [2.05, 4.69) is 39.3 Å². The van der Waals surface area contributed by atoms with Gasteiger partial charge in [0.2, 0.25) is 5.91 Å². The Morgan fingerprint density at radius 3 is 2.79 bits per heavy atom. The van der Waals surface area contributed by atoms with Crippen molar-refractivity contribution < 1.29 is 4.79 Å². The molecule has 0 aliphatic heterocycles. The molecule has 0 aliphatic carbocycles. The number of carbonyl (C=O) groups excluding carboxylic acids is 1. The first-order valence-electron chi connectivity index (χ1n) is 8.59. The number of nitrogens with zero attached hydrogens (tertiary/aromatic N) is 4. The van der Waals surface area contributed by atoms with E-state index in [-0.39, 0.29) is 23.0 Å². The molecular formula is C19H18N6OS2. The van der Waals surface area contributed by atoms with Crippen LogP contribution in [0, 0.1) is 11.3 Å². The molecule has 1 aromatic carbocycles. The average molecular weight is 411 g/mol. The summed E-state index contributed by atoms with van der Waals surface area (Å²) in [6, 6.07) is 10.2. The third kappa shape index (κ3) is 5.06. The van der Waals surface area contributed by atoms with Crippen molar-refractivity contribution in [1.29, 1.82) is 5.26 Å². The fourth-order valence-corrected chi connectivity index (χ4v) is 3.77. The Balaban J connectivity index is 1.56. The molecule has 0 spiro atoms. The number of nitrogens with one attached hydrogen (secondary N) is 1. The molecule has 0 saturated heterocycles. The van der Waals surface area contributed by atoms with E-state index < -0.39 is 0 Å². The molecule has 0 unspecified atom stereocenters. The molecule has 3 aromatic rings. The molecule has 3 rings (SSSR count). The number of aromatic nitrogens is 3. The van der Waals surface area contributed by atoms with Crippen molar-refractivity contribution in [2.45, 2.75) is 24.9 Å². The van der Waals surface area contributed by atoms with Crippen LogP contribution in [0.5, 0.6) is 0 Å². The van der Waals surface area contributed by atoms with Gasteiger partial charge < -0.3 is 11.1 Å². The number of aryl methyl sites for hydroxylation is 1. The number of nitriles is 1. The van der Waals surface area contributed by atoms with Crippen molar-refractivity contribution >= 4 is 40.0 Å². The number of amides is 1. The maximum Gasteiger partial charge on any atom is 0.236 e. The first-order valence-corrected chi connectivity index (χ1v) is 10.5. The fourth-order valence-electron chi connectivity index (χ4n) is 2.41. The Bertz CT molecular complexity index is 1010. The van der Waals surface area contributed by atoms with E-state index in [1.165, 1.54) is 23.1 Å². The zero-order valence-corrected chi connectivity index (χ0v) is 16.8. The molecule has 142 valence electrons. The number of thiazole rings is 1. The highest BCUT2D eigenvalue weighted by atomic mass is 32.2. The molecule has 0 radical (unpaired) electrons. The van der Waals surface area contributed by atoms with Crippen molar-refractivity contribution in [3.63, 3.8) is 0 Å². The monoisotopic (exact) mass is 410 g/mol. The molecule has 0 aliphatic rings. The lowest BCUT2D eigenvalue weighted by Crippen LogP contribution is -2.14. The number of rotatable bonds is 7. The first-order chi connectivity index (χ1) is 13.6. The number of hydrogen-bond acceptors (Lipinski definition) is 8. The minimum Gasteiger partial charge on any atom is -0.382 e. The molecular weight excluding hydrogens is 392 g/mol. The van der Waals surface area contributed by atoms with Gasteiger partial charge in [-0.3, -0.25) is 4.79 Å². The SMILES string of the molecule is CCCc1ccc(-c2csc(NC(=O)CSc3ncc(C#N)c(N)n3)n2)cc1. The van der Waals surface area contributed by atoms with Gasteiger partial charge in [-0.2, -0.15) is 5.26 Å². The molecule has 1 amide bonds. The number of anilines is 2. The molecule has 9 heteroatoms. The van der Waals surface area contributed by atoms with Crippen molar-refractivity contribution in [1.82, 2.24) is 15.0 Å². The standard InChI is InChI=1S/C19H18N6OS2/c1-2-3-12-4-6-13(7-5-12)15-10-27-19(23-15)24-16(26)11-28-18-22-9-14(8-20)17(21)25-18/h4-7,9-10H,2-3,11H2,1H3,(H2,21,22,25)(H,23,24,26). The summed E-state index contributed by atoms with van der Waals surface area (Å²) in [5.74, 6) is 0.0112. The predicted molar refractivity (Wildman–Crippen MR) is 112 cm³/mol. The zero-order valence-electron chi connectivity index (χ0n) is 15.2. The van der Waals surface area contributed by atoms with E-state index in [0.717, 1.165) is 35.9 Å². The van der Waals surface area contributed by atoms with E-state index in [0.29, 0.717) is 10.3 Å². The molecule has 0 saturated carbocycles. The smallest absolute Gasteiger partial charge is 0.236 e. The summed E-state index contributed by atoms with van der Waals surface area (Å²) in [6.45, 7) is 2.16. The Kier molecular flexibility index (Phi) is 6.57. The van der Waals surface area contributed by atoms with Gasteiger partial charge in [0.1, 0.15) is 17.5 Å². The number of hydrogen-bond donors (Lipinski definition) is 2. The van der Waals surface area contributed by atoms with Crippen molar-refractivity contribution in [2.75, 3.05) is 16.8 Å². The van der Waals surface area contributed by atoms with Crippen molar-refractivity contribution in [2.24, 2.45) is 0 Å². The second kappa shape index (κ2) is 9.30. The number of nitrogens with two attached hydrogens (primary N) is 1. The van der Waals surface area contributed by atoms with Crippen LogP contribution in [-0.2, 0) is 11.2 Å². The quantitative estimate of drug-likeness (QED) is 0.450. The second-order valence-corrected chi connectivity index (χ2v) is 7.69. The van der Waals surface area contributed by atoms with Gasteiger partial charge in [-0.1, -0.05) is 49.4 Å². The van der Waals surface area contributed by atoms with E-state index in [9.17, 15) is 4.79 Å². The van der Waals surface area contributed by atoms with Gasteiger partial charge in [0.15, 0.2) is 10.3 Å². The van der Waals surface area contributed by atoms with E-state index in [1.807, 2.05) is 23.6 Å². The van der Waals surface area contributed by atoms with Crippen LogP contribution in [0.3, 0.4) is 0 Å². The highest BCUT2D eigenvalue weighted by Crippen LogP contribution is 2.26. The Hall–Kier alpha value is -2.96. The van der Waals surface area contributed by atoms with E-state index in [4.69, 9.17) is 11.0 Å². The molecule has 2 heterocycles. The van der Waals surface area contributed by atoms with Gasteiger partial charge in [0.25, 0.3) is 0 Å². The van der Waals surface area contributed by atoms with Gasteiger partial charge >= 0.3 is 0 Å². The molecule has 2 aromatic heterocycles. The van der Waals surface area contributed by atoms with Gasteiger partial charge in [-0.05, 0) is 12.0 Å². The highest BCUT2D eigenvalue weighted by molar-refractivity contribution is 7.99. The van der Waals surface area contributed by atoms with Crippen LogP contribution in [0.2, 0.25) is 0 Å². The lowest BCUT2D eigenvalue weighted by molar-refractivity contribution is -0.113. The summed E-state index contributed by atoms with van der Waals surface area (Å²) >= 11 is 2.52. The summed E-state index contributed by atoms with van der Waals surface area (Å²) in [7, 11) is 0. The second-order valence-electron chi connectivity index (χ2n) is 5.88. The third-order valence-corrected chi connectivity index (χ3v) is 5.41.